The van der Waals surface area contributed by atoms with Crippen LogP contribution >= 0.6 is 0 Å². The molecule has 2 unspecified atom stereocenters. The van der Waals surface area contributed by atoms with Crippen LogP contribution in [0, 0.1) is 0 Å². The van der Waals surface area contributed by atoms with E-state index in [0.29, 0.717) is 11.5 Å². The molecule has 0 bridgehead atoms. The summed E-state index contributed by atoms with van der Waals surface area (Å²) in [7, 11) is 0. The summed E-state index contributed by atoms with van der Waals surface area (Å²) in [6, 6.07) is 3.30. The van der Waals surface area contributed by atoms with Crippen molar-refractivity contribution in [1.82, 2.24) is 20.0 Å². The number of ether oxygens (including phenoxy) is 1. The number of carbonyl (C=O) groups excluding carboxylic acids is 1. The van der Waals surface area contributed by atoms with Crippen molar-refractivity contribution < 1.29 is 24.5 Å². The third-order valence-corrected chi connectivity index (χ3v) is 3.35. The average Bonchev–Trinajstić information content (AvgIpc) is 3.05. The van der Waals surface area contributed by atoms with Crippen molar-refractivity contribution in [2.75, 3.05) is 18.1 Å². The molecule has 1 aliphatic rings. The van der Waals surface area contributed by atoms with Gasteiger partial charge in [0.05, 0.1) is 31.2 Å². The smallest absolute Gasteiger partial charge is 0.335 e. The first kappa shape index (κ1) is 15.1. The Kier molecular flexibility index (Phi) is 4.00. The Hall–Kier alpha value is -2.85. The minimum atomic E-state index is -1.92. The van der Waals surface area contributed by atoms with Crippen molar-refractivity contribution in [3.8, 4) is 5.69 Å². The van der Waals surface area contributed by atoms with E-state index in [2.05, 4.69) is 15.3 Å². The Morgan fingerprint density at radius 2 is 2.22 bits per heavy atom. The number of rotatable bonds is 4. The Bertz CT molecular complexity index is 719. The lowest BCUT2D eigenvalue weighted by atomic mass is 10.1. The number of aliphatic carboxylic acids is 1. The van der Waals surface area contributed by atoms with Crippen molar-refractivity contribution in [1.29, 1.82) is 0 Å². The maximum Gasteiger partial charge on any atom is 0.335 e. The number of aromatic nitrogens is 4. The van der Waals surface area contributed by atoms with E-state index in [1.54, 1.807) is 18.3 Å². The zero-order valence-electron chi connectivity index (χ0n) is 11.8. The van der Waals surface area contributed by atoms with Crippen LogP contribution in [0.15, 0.2) is 30.7 Å². The van der Waals surface area contributed by atoms with Gasteiger partial charge in [-0.05, 0) is 6.07 Å². The van der Waals surface area contributed by atoms with Gasteiger partial charge in [0, 0.05) is 12.3 Å². The van der Waals surface area contributed by atoms with Gasteiger partial charge in [-0.2, -0.15) is 10.2 Å². The second-order valence-corrected chi connectivity index (χ2v) is 4.78. The molecule has 10 heteroatoms. The molecule has 3 rings (SSSR count). The molecule has 1 aliphatic heterocycles. The second kappa shape index (κ2) is 6.10. The van der Waals surface area contributed by atoms with Crippen molar-refractivity contribution in [3.63, 3.8) is 0 Å². The molecule has 0 aliphatic carbocycles. The van der Waals surface area contributed by atoms with Crippen LogP contribution in [-0.2, 0) is 14.3 Å². The first-order valence-corrected chi connectivity index (χ1v) is 6.74. The van der Waals surface area contributed by atoms with Crippen molar-refractivity contribution >= 4 is 17.7 Å². The summed E-state index contributed by atoms with van der Waals surface area (Å²) in [6.07, 6.45) is 1.29. The largest absolute Gasteiger partial charge is 0.479 e. The molecule has 0 aromatic carbocycles. The molecule has 0 spiro atoms. The summed E-state index contributed by atoms with van der Waals surface area (Å²) in [6.45, 7) is 0.317. The van der Waals surface area contributed by atoms with Gasteiger partial charge < -0.3 is 14.9 Å². The summed E-state index contributed by atoms with van der Waals surface area (Å²) < 4.78 is 6.59. The van der Waals surface area contributed by atoms with Gasteiger partial charge in [0.25, 0.3) is 5.91 Å². The summed E-state index contributed by atoms with van der Waals surface area (Å²) in [5.74, 6) is -1.83. The first-order chi connectivity index (χ1) is 11.1. The minimum absolute atomic E-state index is 0.102. The number of hydrogen-bond acceptors (Lipinski definition) is 7. The summed E-state index contributed by atoms with van der Waals surface area (Å²) in [5.41, 5.74) is 0.661. The van der Waals surface area contributed by atoms with Crippen LogP contribution in [0.3, 0.4) is 0 Å². The van der Waals surface area contributed by atoms with E-state index < -0.39 is 24.1 Å². The molecule has 0 saturated carbocycles. The number of hydrogen-bond donors (Lipinski definition) is 2. The van der Waals surface area contributed by atoms with Crippen molar-refractivity contribution in [2.24, 2.45) is 0 Å². The van der Waals surface area contributed by atoms with Crippen LogP contribution < -0.4 is 4.90 Å². The lowest BCUT2D eigenvalue weighted by Gasteiger charge is -2.31. The zero-order chi connectivity index (χ0) is 16.4. The molecule has 2 aromatic rings. The zero-order valence-corrected chi connectivity index (χ0v) is 11.8. The van der Waals surface area contributed by atoms with Gasteiger partial charge >= 0.3 is 5.97 Å². The lowest BCUT2D eigenvalue weighted by Crippen LogP contribution is -2.54. The lowest BCUT2D eigenvalue weighted by molar-refractivity contribution is -0.163. The van der Waals surface area contributed by atoms with Gasteiger partial charge in [-0.1, -0.05) is 0 Å². The van der Waals surface area contributed by atoms with Crippen LogP contribution in [0.25, 0.3) is 5.69 Å². The Balaban J connectivity index is 1.83. The van der Waals surface area contributed by atoms with Crippen molar-refractivity contribution in [2.45, 2.75) is 12.2 Å². The Morgan fingerprint density at radius 3 is 2.91 bits per heavy atom. The number of aliphatic hydroxyl groups is 1. The van der Waals surface area contributed by atoms with Crippen LogP contribution in [0.4, 0.5) is 5.82 Å². The van der Waals surface area contributed by atoms with E-state index in [4.69, 9.17) is 9.84 Å². The molecule has 3 heterocycles. The highest BCUT2D eigenvalue weighted by atomic mass is 16.5. The number of anilines is 1. The first-order valence-electron chi connectivity index (χ1n) is 6.74. The van der Waals surface area contributed by atoms with Gasteiger partial charge in [0.15, 0.2) is 18.0 Å². The topological polar surface area (TPSA) is 131 Å². The van der Waals surface area contributed by atoms with Crippen LogP contribution in [-0.4, -0.2) is 67.4 Å². The fourth-order valence-corrected chi connectivity index (χ4v) is 2.21. The number of carboxylic acids is 1. The highest BCUT2D eigenvalue weighted by molar-refractivity contribution is 5.99. The van der Waals surface area contributed by atoms with E-state index in [1.807, 2.05) is 0 Å². The molecule has 2 atom stereocenters. The van der Waals surface area contributed by atoms with E-state index in [-0.39, 0.29) is 13.2 Å². The molecular weight excluding hydrogens is 306 g/mol. The molecule has 2 aromatic heterocycles. The fourth-order valence-electron chi connectivity index (χ4n) is 2.21. The predicted octanol–water partition coefficient (Wildman–Crippen LogP) is -1.16. The Labute approximate surface area is 129 Å². The number of nitrogens with zero attached hydrogens (tertiary/aromatic N) is 5. The Morgan fingerprint density at radius 1 is 1.39 bits per heavy atom. The number of aliphatic hydroxyl groups excluding tert-OH is 1. The molecule has 1 fully saturated rings. The SMILES string of the molecule is O=C(O)C(O)C1OCCN(c2ccn(-c3ccnnc3)n2)C1=O. The third kappa shape index (κ3) is 2.89. The predicted molar refractivity (Wildman–Crippen MR) is 74.9 cm³/mol. The maximum absolute atomic E-state index is 12.3. The number of morpholine rings is 1. The molecule has 1 saturated heterocycles. The number of amides is 1. The van der Waals surface area contributed by atoms with Gasteiger partial charge in [0.1, 0.15) is 0 Å². The molecule has 0 radical (unpaired) electrons. The van der Waals surface area contributed by atoms with Gasteiger partial charge in [0.2, 0.25) is 0 Å². The number of carboxylic acid groups (broad SMARTS) is 1. The minimum Gasteiger partial charge on any atom is -0.479 e. The molecule has 23 heavy (non-hydrogen) atoms. The van der Waals surface area contributed by atoms with E-state index >= 15 is 0 Å². The van der Waals surface area contributed by atoms with Crippen molar-refractivity contribution in [3.05, 3.63) is 30.7 Å². The van der Waals surface area contributed by atoms with Crippen LogP contribution in [0.5, 0.6) is 0 Å². The highest BCUT2D eigenvalue weighted by Gasteiger charge is 2.39. The van der Waals surface area contributed by atoms with E-state index in [1.165, 1.54) is 22.0 Å². The van der Waals surface area contributed by atoms with Crippen LogP contribution in [0.1, 0.15) is 0 Å². The van der Waals surface area contributed by atoms with E-state index in [0.717, 1.165) is 0 Å². The van der Waals surface area contributed by atoms with Gasteiger partial charge in [-0.25, -0.2) is 9.48 Å². The number of carbonyl (C=O) groups is 2. The van der Waals surface area contributed by atoms with Gasteiger partial charge in [-0.3, -0.25) is 9.69 Å². The average molecular weight is 319 g/mol. The highest BCUT2D eigenvalue weighted by Crippen LogP contribution is 2.19. The molecule has 2 N–H and O–H groups in total. The summed E-state index contributed by atoms with van der Waals surface area (Å²) >= 11 is 0. The summed E-state index contributed by atoms with van der Waals surface area (Å²) in [5, 5.41) is 30.1. The second-order valence-electron chi connectivity index (χ2n) is 4.78. The molecular formula is C13H13N5O5. The molecule has 1 amide bonds. The fraction of sp³-hybridized carbons (Fsp3) is 0.308. The molecule has 10 nitrogen and oxygen atoms in total. The van der Waals surface area contributed by atoms with Gasteiger partial charge in [-0.15, -0.1) is 5.10 Å². The monoisotopic (exact) mass is 319 g/mol. The summed E-state index contributed by atoms with van der Waals surface area (Å²) in [4.78, 5) is 24.4. The standard InChI is InChI=1S/C13H13N5O5/c19-10(13(21)22)11-12(20)17(5-6-23-11)9-2-4-18(16-9)8-1-3-14-15-7-8/h1-4,7,10-11,19H,5-6H2,(H,21,22). The maximum atomic E-state index is 12.3. The van der Waals surface area contributed by atoms with Crippen LogP contribution in [0.2, 0.25) is 0 Å². The third-order valence-electron chi connectivity index (χ3n) is 3.35. The quantitative estimate of drug-likeness (QED) is 0.721. The normalized spacial score (nSPS) is 19.6. The molecule has 120 valence electrons. The van der Waals surface area contributed by atoms with E-state index in [9.17, 15) is 14.7 Å².